The van der Waals surface area contributed by atoms with Crippen LogP contribution in [0.4, 0.5) is 0 Å². The third-order valence-corrected chi connectivity index (χ3v) is 9.86. The highest BCUT2D eigenvalue weighted by Gasteiger charge is 2.38. The van der Waals surface area contributed by atoms with Gasteiger partial charge in [0.2, 0.25) is 5.91 Å². The Balaban J connectivity index is 1.58. The molecule has 0 saturated carbocycles. The molecule has 1 amide bonds. The molecule has 208 valence electrons. The normalized spacial score (nSPS) is 22.6. The molecule has 1 N–H and O–H groups in total. The predicted molar refractivity (Wildman–Crippen MR) is 160 cm³/mol. The molecular weight excluding hydrogens is 488 g/mol. The summed E-state index contributed by atoms with van der Waals surface area (Å²) < 4.78 is 0. The molecule has 1 aromatic heterocycles. The first-order valence-corrected chi connectivity index (χ1v) is 15.5. The number of nitrogens with one attached hydrogen (secondary N) is 1. The molecule has 2 saturated heterocycles. The van der Waals surface area contributed by atoms with Gasteiger partial charge in [0.05, 0.1) is 22.1 Å². The highest BCUT2D eigenvalue weighted by Crippen LogP contribution is 2.38. The van der Waals surface area contributed by atoms with Gasteiger partial charge in [-0.05, 0) is 100 Å². The summed E-state index contributed by atoms with van der Waals surface area (Å²) in [5, 5.41) is 3.78. The summed E-state index contributed by atoms with van der Waals surface area (Å²) in [6.45, 7) is 20.7. The Kier molecular flexibility index (Phi) is 9.36. The third kappa shape index (κ3) is 6.17. The molecule has 3 heterocycles. The van der Waals surface area contributed by atoms with Crippen molar-refractivity contribution >= 4 is 17.2 Å². The maximum atomic E-state index is 13.5. The molecule has 2 aliphatic rings. The van der Waals surface area contributed by atoms with Crippen LogP contribution in [0.3, 0.4) is 0 Å². The van der Waals surface area contributed by atoms with Crippen LogP contribution in [0.5, 0.6) is 0 Å². The Morgan fingerprint density at radius 3 is 2.55 bits per heavy atom. The Morgan fingerprint density at radius 1 is 1.24 bits per heavy atom. The standard InChI is InChI=1S/C32H48N4OS/c1-9-27(20(2)3)32(37)36-18-21(4)16-30(36)23(6)34-22(5)28-11-10-26(31-24(7)33-19-38-31)17-29(28)25-12-14-35(8)15-13-25/h10-11,17,19-22,25,27,30,34H,6,9,12-16,18H2,1-5,7-8H3. The van der Waals surface area contributed by atoms with Gasteiger partial charge in [0, 0.05) is 24.2 Å². The van der Waals surface area contributed by atoms with Crippen LogP contribution in [0.25, 0.3) is 10.4 Å². The van der Waals surface area contributed by atoms with Crippen LogP contribution in [0, 0.1) is 24.7 Å². The van der Waals surface area contributed by atoms with Crippen molar-refractivity contribution in [1.82, 2.24) is 20.1 Å². The summed E-state index contributed by atoms with van der Waals surface area (Å²) in [5.41, 5.74) is 8.10. The Hall–Kier alpha value is -2.18. The molecular formula is C32H48N4OS. The zero-order valence-corrected chi connectivity index (χ0v) is 25.4. The molecule has 4 atom stereocenters. The Bertz CT molecular complexity index is 1120. The van der Waals surface area contributed by atoms with Gasteiger partial charge >= 0.3 is 0 Å². The number of carbonyl (C=O) groups is 1. The van der Waals surface area contributed by atoms with Crippen LogP contribution in [0.2, 0.25) is 0 Å². The van der Waals surface area contributed by atoms with Gasteiger partial charge in [-0.25, -0.2) is 4.98 Å². The van der Waals surface area contributed by atoms with E-state index >= 15 is 0 Å². The molecule has 4 unspecified atom stereocenters. The lowest BCUT2D eigenvalue weighted by atomic mass is 9.83. The van der Waals surface area contributed by atoms with Crippen LogP contribution in [0.1, 0.15) is 89.1 Å². The van der Waals surface area contributed by atoms with Crippen LogP contribution in [0.15, 0.2) is 36.0 Å². The number of piperidine rings is 1. The van der Waals surface area contributed by atoms with E-state index in [9.17, 15) is 4.79 Å². The number of aromatic nitrogens is 1. The number of likely N-dealkylation sites (tertiary alicyclic amines) is 2. The van der Waals surface area contributed by atoms with Gasteiger partial charge in [-0.15, -0.1) is 11.3 Å². The van der Waals surface area contributed by atoms with Crippen LogP contribution >= 0.6 is 11.3 Å². The number of carbonyl (C=O) groups excluding carboxylic acids is 1. The molecule has 2 fully saturated rings. The van der Waals surface area contributed by atoms with E-state index in [1.54, 1.807) is 11.3 Å². The van der Waals surface area contributed by atoms with Crippen molar-refractivity contribution in [1.29, 1.82) is 0 Å². The van der Waals surface area contributed by atoms with Gasteiger partial charge in [-0.3, -0.25) is 4.79 Å². The van der Waals surface area contributed by atoms with Crippen molar-refractivity contribution < 1.29 is 4.79 Å². The zero-order valence-electron chi connectivity index (χ0n) is 24.6. The van der Waals surface area contributed by atoms with E-state index in [2.05, 4.69) is 93.5 Å². The molecule has 0 aliphatic carbocycles. The van der Waals surface area contributed by atoms with Gasteiger partial charge in [-0.1, -0.05) is 46.4 Å². The topological polar surface area (TPSA) is 48.5 Å². The second kappa shape index (κ2) is 12.3. The smallest absolute Gasteiger partial charge is 0.226 e. The largest absolute Gasteiger partial charge is 0.381 e. The van der Waals surface area contributed by atoms with E-state index in [1.165, 1.54) is 34.4 Å². The molecule has 6 heteroatoms. The molecule has 38 heavy (non-hydrogen) atoms. The number of rotatable bonds is 9. The average molecular weight is 537 g/mol. The minimum atomic E-state index is 0.0543. The summed E-state index contributed by atoms with van der Waals surface area (Å²) in [6.07, 6.45) is 4.22. The van der Waals surface area contributed by atoms with E-state index in [1.807, 2.05) is 5.51 Å². The van der Waals surface area contributed by atoms with Crippen molar-refractivity contribution in [2.45, 2.75) is 85.2 Å². The summed E-state index contributed by atoms with van der Waals surface area (Å²) in [5.74, 6) is 1.75. The molecule has 0 bridgehead atoms. The van der Waals surface area contributed by atoms with Crippen molar-refractivity contribution in [3.8, 4) is 10.4 Å². The zero-order chi connectivity index (χ0) is 27.6. The lowest BCUT2D eigenvalue weighted by Gasteiger charge is -2.34. The van der Waals surface area contributed by atoms with Gasteiger partial charge in [0.25, 0.3) is 0 Å². The quantitative estimate of drug-likeness (QED) is 0.374. The monoisotopic (exact) mass is 536 g/mol. The first-order chi connectivity index (χ1) is 18.1. The minimum Gasteiger partial charge on any atom is -0.381 e. The highest BCUT2D eigenvalue weighted by molar-refractivity contribution is 7.13. The third-order valence-electron chi connectivity index (χ3n) is 8.88. The predicted octanol–water partition coefficient (Wildman–Crippen LogP) is 7.01. The SMILES string of the molecule is C=C(NC(C)c1ccc(-c2scnc2C)cc1C1CCN(C)CC1)C1CC(C)CN1C(=O)C(CC)C(C)C. The van der Waals surface area contributed by atoms with E-state index in [0.29, 0.717) is 23.7 Å². The maximum absolute atomic E-state index is 13.5. The Labute approximate surface area is 234 Å². The van der Waals surface area contributed by atoms with Crippen molar-refractivity contribution in [2.24, 2.45) is 17.8 Å². The molecule has 5 nitrogen and oxygen atoms in total. The summed E-state index contributed by atoms with van der Waals surface area (Å²) in [7, 11) is 2.22. The number of aryl methyl sites for hydroxylation is 1. The number of hydrogen-bond acceptors (Lipinski definition) is 5. The second-order valence-corrected chi connectivity index (χ2v) is 13.0. The number of thiazole rings is 1. The summed E-state index contributed by atoms with van der Waals surface area (Å²) in [4.78, 5) is 23.9. The van der Waals surface area contributed by atoms with Crippen LogP contribution in [-0.2, 0) is 4.79 Å². The first kappa shape index (κ1) is 28.8. The fraction of sp³-hybridized carbons (Fsp3) is 0.625. The van der Waals surface area contributed by atoms with Gasteiger partial charge < -0.3 is 15.1 Å². The summed E-state index contributed by atoms with van der Waals surface area (Å²) in [6, 6.07) is 7.18. The number of amides is 1. The molecule has 1 aromatic carbocycles. The van der Waals surface area contributed by atoms with Gasteiger partial charge in [0.15, 0.2) is 0 Å². The number of benzene rings is 1. The average Bonchev–Trinajstić information content (AvgIpc) is 3.49. The fourth-order valence-electron chi connectivity index (χ4n) is 6.58. The minimum absolute atomic E-state index is 0.0543. The van der Waals surface area contributed by atoms with Crippen molar-refractivity contribution in [3.05, 3.63) is 52.8 Å². The molecule has 4 rings (SSSR count). The van der Waals surface area contributed by atoms with Gasteiger partial charge in [-0.2, -0.15) is 0 Å². The van der Waals surface area contributed by atoms with Crippen LogP contribution < -0.4 is 5.32 Å². The fourth-order valence-corrected chi connectivity index (χ4v) is 7.38. The Morgan fingerprint density at radius 2 is 1.95 bits per heavy atom. The lowest BCUT2D eigenvalue weighted by Crippen LogP contribution is -2.44. The van der Waals surface area contributed by atoms with E-state index < -0.39 is 0 Å². The highest BCUT2D eigenvalue weighted by atomic mass is 32.1. The molecule has 2 aliphatic heterocycles. The summed E-state index contributed by atoms with van der Waals surface area (Å²) >= 11 is 1.72. The van der Waals surface area contributed by atoms with Crippen molar-refractivity contribution in [2.75, 3.05) is 26.7 Å². The lowest BCUT2D eigenvalue weighted by molar-refractivity contribution is -0.137. The van der Waals surface area contributed by atoms with E-state index in [0.717, 1.165) is 43.9 Å². The van der Waals surface area contributed by atoms with E-state index in [-0.39, 0.29) is 18.0 Å². The number of hydrogen-bond donors (Lipinski definition) is 1. The second-order valence-electron chi connectivity index (χ2n) is 12.2. The molecule has 0 spiro atoms. The van der Waals surface area contributed by atoms with Gasteiger partial charge in [0.1, 0.15) is 0 Å². The maximum Gasteiger partial charge on any atom is 0.226 e. The molecule has 0 radical (unpaired) electrons. The van der Waals surface area contributed by atoms with Crippen molar-refractivity contribution in [3.63, 3.8) is 0 Å². The van der Waals surface area contributed by atoms with Crippen LogP contribution in [-0.4, -0.2) is 53.4 Å². The first-order valence-electron chi connectivity index (χ1n) is 14.6. The number of nitrogens with zero attached hydrogens (tertiary/aromatic N) is 3. The van der Waals surface area contributed by atoms with E-state index in [4.69, 9.17) is 0 Å². The molecule has 2 aromatic rings.